The fourth-order valence-electron chi connectivity index (χ4n) is 4.11. The van der Waals surface area contributed by atoms with Gasteiger partial charge >= 0.3 is 6.09 Å². The van der Waals surface area contributed by atoms with Crippen molar-refractivity contribution in [2.45, 2.75) is 50.9 Å². The largest absolute Gasteiger partial charge is 0.493 e. The van der Waals surface area contributed by atoms with Gasteiger partial charge in [0.1, 0.15) is 6.07 Å². The molecule has 5 rings (SSSR count). The summed E-state index contributed by atoms with van der Waals surface area (Å²) in [7, 11) is 1.62. The number of aromatic nitrogens is 4. The molecule has 0 saturated heterocycles. The number of fused-ring (bicyclic) bond motifs is 1. The van der Waals surface area contributed by atoms with Gasteiger partial charge in [0.15, 0.2) is 17.2 Å². The molecule has 9 heteroatoms. The molecule has 0 unspecified atom stereocenters. The van der Waals surface area contributed by atoms with Crippen LogP contribution in [-0.4, -0.2) is 44.4 Å². The van der Waals surface area contributed by atoms with E-state index in [1.807, 2.05) is 12.1 Å². The third-order valence-corrected chi connectivity index (χ3v) is 6.06. The Morgan fingerprint density at radius 3 is 2.70 bits per heavy atom. The highest BCUT2D eigenvalue weighted by molar-refractivity contribution is 5.67. The van der Waals surface area contributed by atoms with Crippen molar-refractivity contribution < 1.29 is 14.6 Å². The molecule has 3 heterocycles. The van der Waals surface area contributed by atoms with Gasteiger partial charge in [0, 0.05) is 30.4 Å². The Labute approximate surface area is 192 Å². The minimum atomic E-state index is -0.893. The average molecular weight is 449 g/mol. The van der Waals surface area contributed by atoms with Crippen LogP contribution >= 0.6 is 0 Å². The minimum absolute atomic E-state index is 0.459. The Bertz CT molecular complexity index is 1160. The van der Waals surface area contributed by atoms with E-state index < -0.39 is 6.09 Å². The fourth-order valence-corrected chi connectivity index (χ4v) is 4.11. The number of ether oxygens (including phenoxy) is 1. The lowest BCUT2D eigenvalue weighted by Crippen LogP contribution is -2.28. The van der Waals surface area contributed by atoms with Crippen molar-refractivity contribution in [3.8, 4) is 23.1 Å². The molecule has 0 spiro atoms. The first-order chi connectivity index (χ1) is 16.1. The average Bonchev–Trinajstić information content (AvgIpc) is 3.61. The van der Waals surface area contributed by atoms with E-state index in [1.165, 1.54) is 32.1 Å². The lowest BCUT2D eigenvalue weighted by Gasteiger charge is -2.20. The Hall–Kier alpha value is -3.67. The van der Waals surface area contributed by atoms with Gasteiger partial charge in [0.2, 0.25) is 0 Å². The second-order valence-electron chi connectivity index (χ2n) is 8.53. The van der Waals surface area contributed by atoms with E-state index in [2.05, 4.69) is 26.5 Å². The maximum Gasteiger partial charge on any atom is 0.404 e. The number of nitrogens with one attached hydrogen (secondary N) is 1. The summed E-state index contributed by atoms with van der Waals surface area (Å²) in [5.74, 6) is 2.60. The summed E-state index contributed by atoms with van der Waals surface area (Å²) in [6.45, 7) is 0.648. The Balaban J connectivity index is 0.000000200. The number of hydrogen-bond donors (Lipinski definition) is 2. The summed E-state index contributed by atoms with van der Waals surface area (Å²) in [6.07, 6.45) is 10.9. The Morgan fingerprint density at radius 1 is 1.24 bits per heavy atom. The molecule has 0 atom stereocenters. The first-order valence-corrected chi connectivity index (χ1v) is 11.3. The number of pyridine rings is 2. The molecule has 0 aromatic carbocycles. The van der Waals surface area contributed by atoms with Crippen molar-refractivity contribution in [2.75, 3.05) is 13.7 Å². The SMILES string of the molecule is COc1ccc(-c2cncc(C#N)c2)n2nc(C3CC3)nc12.O=C(O)NCC1CCCCC1. The Morgan fingerprint density at radius 2 is 2.03 bits per heavy atom. The highest BCUT2D eigenvalue weighted by atomic mass is 16.5. The van der Waals surface area contributed by atoms with Crippen molar-refractivity contribution in [3.05, 3.63) is 42.0 Å². The van der Waals surface area contributed by atoms with Crippen LogP contribution in [0.5, 0.6) is 5.75 Å². The van der Waals surface area contributed by atoms with Crippen LogP contribution in [0, 0.1) is 17.2 Å². The molecular weight excluding hydrogens is 420 g/mol. The molecule has 2 fully saturated rings. The summed E-state index contributed by atoms with van der Waals surface area (Å²) < 4.78 is 7.17. The molecule has 2 saturated carbocycles. The number of nitriles is 1. The van der Waals surface area contributed by atoms with Crippen LogP contribution in [0.2, 0.25) is 0 Å². The number of carboxylic acid groups (broad SMARTS) is 1. The third-order valence-electron chi connectivity index (χ3n) is 6.06. The quantitative estimate of drug-likeness (QED) is 0.593. The van der Waals surface area contributed by atoms with Gasteiger partial charge in [-0.3, -0.25) is 4.98 Å². The monoisotopic (exact) mass is 448 g/mol. The maximum absolute atomic E-state index is 10.1. The molecular formula is C24H28N6O3. The molecule has 2 N–H and O–H groups in total. The van der Waals surface area contributed by atoms with Crippen molar-refractivity contribution in [1.29, 1.82) is 5.26 Å². The van der Waals surface area contributed by atoms with Gasteiger partial charge in [-0.05, 0) is 49.8 Å². The molecule has 33 heavy (non-hydrogen) atoms. The zero-order valence-electron chi connectivity index (χ0n) is 18.7. The lowest BCUT2D eigenvalue weighted by molar-refractivity contribution is 0.190. The number of hydrogen-bond acceptors (Lipinski definition) is 6. The van der Waals surface area contributed by atoms with Crippen molar-refractivity contribution in [1.82, 2.24) is 24.9 Å². The van der Waals surface area contributed by atoms with E-state index in [0.29, 0.717) is 35.3 Å². The summed E-state index contributed by atoms with van der Waals surface area (Å²) in [4.78, 5) is 18.9. The number of rotatable bonds is 5. The number of nitrogens with zero attached hydrogens (tertiary/aromatic N) is 5. The van der Waals surface area contributed by atoms with Crippen LogP contribution in [0.4, 0.5) is 4.79 Å². The van der Waals surface area contributed by atoms with Gasteiger partial charge in [-0.1, -0.05) is 19.3 Å². The third kappa shape index (κ3) is 5.58. The van der Waals surface area contributed by atoms with E-state index in [4.69, 9.17) is 15.1 Å². The number of amides is 1. The summed E-state index contributed by atoms with van der Waals surface area (Å²) in [6, 6.07) is 7.69. The molecule has 3 aromatic rings. The predicted octanol–water partition coefficient (Wildman–Crippen LogP) is 4.38. The van der Waals surface area contributed by atoms with Crippen molar-refractivity contribution in [2.24, 2.45) is 5.92 Å². The molecule has 0 bridgehead atoms. The van der Waals surface area contributed by atoms with Gasteiger partial charge in [-0.15, -0.1) is 0 Å². The highest BCUT2D eigenvalue weighted by Crippen LogP contribution is 2.39. The van der Waals surface area contributed by atoms with E-state index >= 15 is 0 Å². The van der Waals surface area contributed by atoms with Crippen LogP contribution in [0.1, 0.15) is 62.3 Å². The summed E-state index contributed by atoms with van der Waals surface area (Å²) >= 11 is 0. The van der Waals surface area contributed by atoms with Gasteiger partial charge in [-0.2, -0.15) is 10.4 Å². The van der Waals surface area contributed by atoms with Gasteiger partial charge < -0.3 is 15.2 Å². The normalized spacial score (nSPS) is 15.9. The van der Waals surface area contributed by atoms with Crippen LogP contribution < -0.4 is 10.1 Å². The maximum atomic E-state index is 10.1. The van der Waals surface area contributed by atoms with Crippen molar-refractivity contribution >= 4 is 11.7 Å². The number of carbonyl (C=O) groups is 1. The standard InChI is InChI=1S/C16H13N5O.C8H15NO2/c1-22-14-5-4-13(12-6-10(7-17)8-18-9-12)21-16(14)19-15(20-21)11-2-3-11;10-8(11)9-6-7-4-2-1-3-5-7/h4-6,8-9,11H,2-3H2,1H3;7,9H,1-6H2,(H,10,11). The van der Waals surface area contributed by atoms with E-state index in [0.717, 1.165) is 29.9 Å². The van der Waals surface area contributed by atoms with Gasteiger partial charge in [-0.25, -0.2) is 14.3 Å². The second kappa shape index (κ2) is 10.3. The molecule has 0 radical (unpaired) electrons. The summed E-state index contributed by atoms with van der Waals surface area (Å²) in [5, 5.41) is 24.4. The Kier molecular flexibility index (Phi) is 7.03. The first kappa shape index (κ1) is 22.5. The van der Waals surface area contributed by atoms with Gasteiger partial charge in [0.05, 0.1) is 18.4 Å². The number of methoxy groups -OCH3 is 1. The van der Waals surface area contributed by atoms with E-state index in [9.17, 15) is 4.79 Å². The molecule has 2 aliphatic rings. The zero-order valence-corrected chi connectivity index (χ0v) is 18.7. The fraction of sp³-hybridized carbons (Fsp3) is 0.458. The minimum Gasteiger partial charge on any atom is -0.493 e. The molecule has 0 aliphatic heterocycles. The first-order valence-electron chi connectivity index (χ1n) is 11.3. The molecule has 9 nitrogen and oxygen atoms in total. The zero-order chi connectivity index (χ0) is 23.2. The van der Waals surface area contributed by atoms with E-state index in [-0.39, 0.29) is 0 Å². The molecule has 172 valence electrons. The van der Waals surface area contributed by atoms with Crippen LogP contribution in [0.3, 0.4) is 0 Å². The smallest absolute Gasteiger partial charge is 0.404 e. The van der Waals surface area contributed by atoms with Crippen LogP contribution in [-0.2, 0) is 0 Å². The van der Waals surface area contributed by atoms with Gasteiger partial charge in [0.25, 0.3) is 0 Å². The topological polar surface area (TPSA) is 125 Å². The second-order valence-corrected chi connectivity index (χ2v) is 8.53. The lowest BCUT2D eigenvalue weighted by atomic mass is 9.89. The molecule has 3 aromatic heterocycles. The van der Waals surface area contributed by atoms with Crippen molar-refractivity contribution in [3.63, 3.8) is 0 Å². The van der Waals surface area contributed by atoms with Crippen LogP contribution in [0.25, 0.3) is 16.9 Å². The highest BCUT2D eigenvalue weighted by Gasteiger charge is 2.29. The molecule has 2 aliphatic carbocycles. The van der Waals surface area contributed by atoms with E-state index in [1.54, 1.807) is 30.1 Å². The summed E-state index contributed by atoms with van der Waals surface area (Å²) in [5.41, 5.74) is 2.90. The molecule has 1 amide bonds. The predicted molar refractivity (Wildman–Crippen MR) is 122 cm³/mol. The van der Waals surface area contributed by atoms with Crippen LogP contribution in [0.15, 0.2) is 30.6 Å².